The monoisotopic (exact) mass is 352 g/mol. The standard InChI is InChI=1S/C20H29FO4/c1-2-3-15-24-19(22)13-8-6-4-5-7-9-14-20(23)25-18-12-10-11-17(21)16-18/h10-12,16H,2-9,13-15H2,1H3. The summed E-state index contributed by atoms with van der Waals surface area (Å²) in [7, 11) is 0. The Hall–Kier alpha value is -1.91. The number of benzene rings is 1. The topological polar surface area (TPSA) is 52.6 Å². The quantitative estimate of drug-likeness (QED) is 0.278. The predicted octanol–water partition coefficient (Wildman–Crippen LogP) is 5.20. The molecule has 0 atom stereocenters. The maximum Gasteiger partial charge on any atom is 0.311 e. The summed E-state index contributed by atoms with van der Waals surface area (Å²) in [5, 5.41) is 0. The fourth-order valence-corrected chi connectivity index (χ4v) is 2.36. The molecule has 1 rings (SSSR count). The SMILES string of the molecule is CCCCOC(=O)CCCCCCCCC(=O)Oc1cccc(F)c1. The highest BCUT2D eigenvalue weighted by molar-refractivity contribution is 5.72. The summed E-state index contributed by atoms with van der Waals surface area (Å²) in [4.78, 5) is 23.0. The maximum atomic E-state index is 13.0. The van der Waals surface area contributed by atoms with E-state index >= 15 is 0 Å². The van der Waals surface area contributed by atoms with Gasteiger partial charge >= 0.3 is 11.9 Å². The van der Waals surface area contributed by atoms with Crippen molar-refractivity contribution in [2.24, 2.45) is 0 Å². The fourth-order valence-electron chi connectivity index (χ4n) is 2.36. The Balaban J connectivity index is 1.94. The lowest BCUT2D eigenvalue weighted by Gasteiger charge is -2.05. The van der Waals surface area contributed by atoms with E-state index in [1.54, 1.807) is 6.07 Å². The largest absolute Gasteiger partial charge is 0.466 e. The van der Waals surface area contributed by atoms with Crippen molar-refractivity contribution < 1.29 is 23.5 Å². The number of ether oxygens (including phenoxy) is 2. The normalized spacial score (nSPS) is 10.5. The summed E-state index contributed by atoms with van der Waals surface area (Å²) in [6.07, 6.45) is 8.40. The van der Waals surface area contributed by atoms with Gasteiger partial charge in [0.05, 0.1) is 6.61 Å². The van der Waals surface area contributed by atoms with Crippen LogP contribution in [0, 0.1) is 5.82 Å². The Morgan fingerprint density at radius 1 is 0.920 bits per heavy atom. The van der Waals surface area contributed by atoms with E-state index in [1.807, 2.05) is 0 Å². The molecule has 1 aromatic rings. The van der Waals surface area contributed by atoms with Crippen LogP contribution in [0.4, 0.5) is 4.39 Å². The van der Waals surface area contributed by atoms with Crippen LogP contribution in [-0.2, 0) is 14.3 Å². The van der Waals surface area contributed by atoms with Gasteiger partial charge in [-0.05, 0) is 31.4 Å². The van der Waals surface area contributed by atoms with Crippen LogP contribution in [0.3, 0.4) is 0 Å². The molecule has 1 aromatic carbocycles. The number of esters is 2. The van der Waals surface area contributed by atoms with Crippen molar-refractivity contribution in [1.82, 2.24) is 0 Å². The van der Waals surface area contributed by atoms with Gasteiger partial charge in [0.1, 0.15) is 11.6 Å². The van der Waals surface area contributed by atoms with Gasteiger partial charge in [0, 0.05) is 18.9 Å². The van der Waals surface area contributed by atoms with Gasteiger partial charge in [-0.1, -0.05) is 45.1 Å². The molecule has 25 heavy (non-hydrogen) atoms. The van der Waals surface area contributed by atoms with Gasteiger partial charge in [0.2, 0.25) is 0 Å². The predicted molar refractivity (Wildman–Crippen MR) is 94.8 cm³/mol. The molecule has 0 aliphatic carbocycles. The molecule has 0 N–H and O–H groups in total. The second-order valence-electron chi connectivity index (χ2n) is 6.13. The summed E-state index contributed by atoms with van der Waals surface area (Å²) in [5.41, 5.74) is 0. The highest BCUT2D eigenvalue weighted by atomic mass is 19.1. The number of carbonyl (C=O) groups excluding carboxylic acids is 2. The zero-order valence-corrected chi connectivity index (χ0v) is 15.1. The van der Waals surface area contributed by atoms with Crippen molar-refractivity contribution in [2.75, 3.05) is 6.61 Å². The molecule has 5 heteroatoms. The number of hydrogen-bond donors (Lipinski definition) is 0. The molecular formula is C20H29FO4. The molecule has 0 bridgehead atoms. The molecule has 0 saturated heterocycles. The van der Waals surface area contributed by atoms with Crippen LogP contribution in [0.2, 0.25) is 0 Å². The molecule has 0 heterocycles. The lowest BCUT2D eigenvalue weighted by Crippen LogP contribution is -2.07. The minimum Gasteiger partial charge on any atom is -0.466 e. The van der Waals surface area contributed by atoms with Gasteiger partial charge in [-0.3, -0.25) is 9.59 Å². The van der Waals surface area contributed by atoms with Crippen LogP contribution in [-0.4, -0.2) is 18.5 Å². The highest BCUT2D eigenvalue weighted by Crippen LogP contribution is 2.14. The summed E-state index contributed by atoms with van der Waals surface area (Å²) in [5.74, 6) is -0.607. The van der Waals surface area contributed by atoms with E-state index in [0.29, 0.717) is 19.4 Å². The van der Waals surface area contributed by atoms with Crippen LogP contribution in [0.5, 0.6) is 5.75 Å². The van der Waals surface area contributed by atoms with Crippen LogP contribution in [0.1, 0.15) is 71.1 Å². The third kappa shape index (κ3) is 11.3. The lowest BCUT2D eigenvalue weighted by atomic mass is 10.1. The molecule has 4 nitrogen and oxygen atoms in total. The van der Waals surface area contributed by atoms with E-state index in [-0.39, 0.29) is 17.7 Å². The highest BCUT2D eigenvalue weighted by Gasteiger charge is 2.06. The number of carbonyl (C=O) groups is 2. The van der Waals surface area contributed by atoms with Crippen LogP contribution in [0.25, 0.3) is 0 Å². The molecule has 0 radical (unpaired) electrons. The number of hydrogen-bond acceptors (Lipinski definition) is 4. The van der Waals surface area contributed by atoms with Gasteiger partial charge in [-0.25, -0.2) is 4.39 Å². The molecule has 0 aromatic heterocycles. The van der Waals surface area contributed by atoms with E-state index in [2.05, 4.69) is 6.92 Å². The first-order chi connectivity index (χ1) is 12.1. The Kier molecular flexibility index (Phi) is 11.3. The van der Waals surface area contributed by atoms with E-state index in [4.69, 9.17) is 9.47 Å². The molecule has 0 aliphatic rings. The fraction of sp³-hybridized carbons (Fsp3) is 0.600. The zero-order chi connectivity index (χ0) is 18.3. The Labute approximate surface area is 149 Å². The average molecular weight is 352 g/mol. The molecule has 0 aliphatic heterocycles. The number of unbranched alkanes of at least 4 members (excludes halogenated alkanes) is 6. The maximum absolute atomic E-state index is 13.0. The van der Waals surface area contributed by atoms with Crippen molar-refractivity contribution >= 4 is 11.9 Å². The lowest BCUT2D eigenvalue weighted by molar-refractivity contribution is -0.144. The van der Waals surface area contributed by atoms with Crippen LogP contribution >= 0.6 is 0 Å². The summed E-state index contributed by atoms with van der Waals surface area (Å²) in [6.45, 7) is 2.59. The van der Waals surface area contributed by atoms with Gasteiger partial charge < -0.3 is 9.47 Å². The molecular weight excluding hydrogens is 323 g/mol. The van der Waals surface area contributed by atoms with Crippen molar-refractivity contribution in [3.8, 4) is 5.75 Å². The average Bonchev–Trinajstić information content (AvgIpc) is 2.57. The third-order valence-corrected chi connectivity index (χ3v) is 3.80. The third-order valence-electron chi connectivity index (χ3n) is 3.80. The second kappa shape index (κ2) is 13.4. The summed E-state index contributed by atoms with van der Waals surface area (Å²) < 4.78 is 23.2. The Bertz CT molecular complexity index is 516. The van der Waals surface area contributed by atoms with E-state index in [0.717, 1.165) is 51.4 Å². The van der Waals surface area contributed by atoms with E-state index in [1.165, 1.54) is 18.2 Å². The van der Waals surface area contributed by atoms with Crippen molar-refractivity contribution in [3.63, 3.8) is 0 Å². The molecule has 0 spiro atoms. The first-order valence-corrected chi connectivity index (χ1v) is 9.23. The zero-order valence-electron chi connectivity index (χ0n) is 15.1. The smallest absolute Gasteiger partial charge is 0.311 e. The summed E-state index contributed by atoms with van der Waals surface area (Å²) >= 11 is 0. The molecule has 0 amide bonds. The molecule has 0 saturated carbocycles. The Morgan fingerprint density at radius 3 is 2.20 bits per heavy atom. The molecule has 140 valence electrons. The van der Waals surface area contributed by atoms with Crippen molar-refractivity contribution in [2.45, 2.75) is 71.1 Å². The van der Waals surface area contributed by atoms with Crippen molar-refractivity contribution in [1.29, 1.82) is 0 Å². The van der Waals surface area contributed by atoms with Gasteiger partial charge in [-0.15, -0.1) is 0 Å². The number of rotatable bonds is 13. The van der Waals surface area contributed by atoms with Gasteiger partial charge in [0.15, 0.2) is 0 Å². The molecule has 0 fully saturated rings. The summed E-state index contributed by atoms with van der Waals surface area (Å²) in [6, 6.07) is 5.58. The van der Waals surface area contributed by atoms with Crippen LogP contribution < -0.4 is 4.74 Å². The van der Waals surface area contributed by atoms with Crippen LogP contribution in [0.15, 0.2) is 24.3 Å². The Morgan fingerprint density at radius 2 is 1.56 bits per heavy atom. The first-order valence-electron chi connectivity index (χ1n) is 9.23. The van der Waals surface area contributed by atoms with Gasteiger partial charge in [0.25, 0.3) is 0 Å². The first kappa shape index (κ1) is 21.1. The second-order valence-corrected chi connectivity index (χ2v) is 6.13. The van der Waals surface area contributed by atoms with Gasteiger partial charge in [-0.2, -0.15) is 0 Å². The minimum atomic E-state index is -0.417. The number of halogens is 1. The minimum absolute atomic E-state index is 0.103. The van der Waals surface area contributed by atoms with E-state index in [9.17, 15) is 14.0 Å². The van der Waals surface area contributed by atoms with Crippen molar-refractivity contribution in [3.05, 3.63) is 30.1 Å². The van der Waals surface area contributed by atoms with E-state index < -0.39 is 5.82 Å². The molecule has 0 unspecified atom stereocenters.